The van der Waals surface area contributed by atoms with Gasteiger partial charge in [0.25, 0.3) is 0 Å². The molecule has 4 aromatic rings. The van der Waals surface area contributed by atoms with Gasteiger partial charge in [-0.3, -0.25) is 0 Å². The fraction of sp³-hybridized carbons (Fsp3) is 0. The number of hydrogen-bond donors (Lipinski definition) is 4. The zero-order valence-electron chi connectivity index (χ0n) is 20.1. The van der Waals surface area contributed by atoms with Crippen LogP contribution in [0.15, 0.2) is 97.1 Å². The van der Waals surface area contributed by atoms with Crippen LogP contribution >= 0.6 is 0 Å². The number of carboxylic acids is 4. The summed E-state index contributed by atoms with van der Waals surface area (Å²) in [6.45, 7) is 0. The molecule has 10 heteroatoms. The molecular formula is C28H20O8Zn2-4. The van der Waals surface area contributed by atoms with Crippen LogP contribution in [0.5, 0.6) is 0 Å². The first kappa shape index (κ1) is 36.2. The second-order valence-corrected chi connectivity index (χ2v) is 6.38. The molecule has 0 atom stereocenters. The van der Waals surface area contributed by atoms with Crippen LogP contribution in [0.2, 0.25) is 0 Å². The van der Waals surface area contributed by atoms with Gasteiger partial charge in [-0.2, -0.15) is 121 Å². The minimum absolute atomic E-state index is 0. The van der Waals surface area contributed by atoms with E-state index in [1.165, 1.54) is 48.5 Å². The van der Waals surface area contributed by atoms with E-state index >= 15 is 0 Å². The second-order valence-electron chi connectivity index (χ2n) is 6.38. The van der Waals surface area contributed by atoms with Crippen molar-refractivity contribution in [1.29, 1.82) is 0 Å². The smallest absolute Gasteiger partial charge is 0.311 e. The summed E-state index contributed by atoms with van der Waals surface area (Å²) in [5.74, 6) is -3.60. The molecule has 0 bridgehead atoms. The molecule has 0 aliphatic carbocycles. The van der Waals surface area contributed by atoms with E-state index in [2.05, 4.69) is 24.3 Å². The Hall–Kier alpha value is -3.99. The molecule has 38 heavy (non-hydrogen) atoms. The predicted octanol–water partition coefficient (Wildman–Crippen LogP) is 4.73. The number of hydrogen-bond acceptors (Lipinski definition) is 4. The summed E-state index contributed by atoms with van der Waals surface area (Å²) < 4.78 is 0. The van der Waals surface area contributed by atoms with Crippen molar-refractivity contribution in [2.75, 3.05) is 0 Å². The molecule has 0 aliphatic heterocycles. The number of rotatable bonds is 4. The largest absolute Gasteiger partial charge is 0.479 e. The summed E-state index contributed by atoms with van der Waals surface area (Å²) >= 11 is 0. The Kier molecular flexibility index (Phi) is 20.1. The van der Waals surface area contributed by atoms with Gasteiger partial charge in [-0.05, 0) is 22.3 Å². The first-order valence-electron chi connectivity index (χ1n) is 10.00. The average Bonchev–Trinajstić information content (AvgIpc) is 2.92. The standard InChI is InChI=1S/4C7H5O2.2Zn/c4*8-7(9)6-4-2-1-3-5-6;;/h4*2-5H,(H,8,9);;/q4*-1;;. The molecule has 0 saturated heterocycles. The monoisotopic (exact) mass is 612 g/mol. The maximum atomic E-state index is 10.2. The van der Waals surface area contributed by atoms with Crippen molar-refractivity contribution in [3.63, 3.8) is 0 Å². The van der Waals surface area contributed by atoms with Crippen LogP contribution in [0, 0.1) is 24.3 Å². The van der Waals surface area contributed by atoms with Crippen LogP contribution in [0.4, 0.5) is 0 Å². The third kappa shape index (κ3) is 15.9. The van der Waals surface area contributed by atoms with Gasteiger partial charge >= 0.3 is 23.9 Å². The molecule has 0 heterocycles. The normalized spacial score (nSPS) is 8.42. The molecule has 0 radical (unpaired) electrons. The summed E-state index contributed by atoms with van der Waals surface area (Å²) in [6.07, 6.45) is 0. The van der Waals surface area contributed by atoms with E-state index < -0.39 is 23.9 Å². The molecule has 4 aromatic carbocycles. The maximum absolute atomic E-state index is 10.2. The van der Waals surface area contributed by atoms with Crippen LogP contribution in [-0.2, 0) is 39.0 Å². The summed E-state index contributed by atoms with van der Waals surface area (Å²) in [5.41, 5.74) is 1.20. The molecule has 0 amide bonds. The Balaban J connectivity index is 0. The van der Waals surface area contributed by atoms with Crippen molar-refractivity contribution in [2.45, 2.75) is 0 Å². The van der Waals surface area contributed by atoms with Gasteiger partial charge in [0, 0.05) is 39.0 Å². The van der Waals surface area contributed by atoms with Gasteiger partial charge < -0.3 is 20.4 Å². The van der Waals surface area contributed by atoms with Crippen molar-refractivity contribution < 1.29 is 78.6 Å². The molecule has 188 valence electrons. The summed E-state index contributed by atoms with van der Waals surface area (Å²) in [7, 11) is 0. The average molecular weight is 615 g/mol. The van der Waals surface area contributed by atoms with Gasteiger partial charge in [0.05, 0.1) is 0 Å². The van der Waals surface area contributed by atoms with E-state index in [1.807, 2.05) is 0 Å². The van der Waals surface area contributed by atoms with E-state index in [9.17, 15) is 19.2 Å². The summed E-state index contributed by atoms with van der Waals surface area (Å²) in [5, 5.41) is 33.5. The Morgan fingerprint density at radius 3 is 0.579 bits per heavy atom. The van der Waals surface area contributed by atoms with Crippen molar-refractivity contribution in [1.82, 2.24) is 0 Å². The predicted molar refractivity (Wildman–Crippen MR) is 129 cm³/mol. The molecule has 8 nitrogen and oxygen atoms in total. The van der Waals surface area contributed by atoms with Crippen LogP contribution in [0.1, 0.15) is 41.4 Å². The number of carbonyl (C=O) groups is 4. The van der Waals surface area contributed by atoms with Crippen LogP contribution in [0.3, 0.4) is 0 Å². The van der Waals surface area contributed by atoms with Crippen LogP contribution < -0.4 is 0 Å². The Morgan fingerprint density at radius 2 is 0.500 bits per heavy atom. The third-order valence-corrected chi connectivity index (χ3v) is 3.86. The van der Waals surface area contributed by atoms with Gasteiger partial charge in [-0.1, -0.05) is 0 Å². The van der Waals surface area contributed by atoms with Gasteiger partial charge in [0.15, 0.2) is 0 Å². The topological polar surface area (TPSA) is 149 Å². The minimum atomic E-state index is -0.899. The van der Waals surface area contributed by atoms with E-state index in [0.29, 0.717) is 22.3 Å². The van der Waals surface area contributed by atoms with E-state index in [0.717, 1.165) is 0 Å². The van der Waals surface area contributed by atoms with E-state index in [4.69, 9.17) is 20.4 Å². The fourth-order valence-electron chi connectivity index (χ4n) is 2.12. The van der Waals surface area contributed by atoms with Gasteiger partial charge in [0.2, 0.25) is 0 Å². The molecule has 0 unspecified atom stereocenters. The molecular weight excluding hydrogens is 595 g/mol. The Bertz CT molecular complexity index is 1020. The zero-order chi connectivity index (χ0) is 26.8. The Labute approximate surface area is 245 Å². The number of carboxylic acid groups (broad SMARTS) is 4. The quantitative estimate of drug-likeness (QED) is 0.190. The van der Waals surface area contributed by atoms with Crippen LogP contribution in [0.25, 0.3) is 0 Å². The van der Waals surface area contributed by atoms with Gasteiger partial charge in [0.1, 0.15) is 0 Å². The van der Waals surface area contributed by atoms with Crippen molar-refractivity contribution in [3.05, 3.63) is 144 Å². The first-order chi connectivity index (χ1) is 17.2. The molecule has 0 spiro atoms. The maximum Gasteiger partial charge on any atom is 0.311 e. The zero-order valence-corrected chi connectivity index (χ0v) is 26.0. The fourth-order valence-corrected chi connectivity index (χ4v) is 2.12. The van der Waals surface area contributed by atoms with Crippen molar-refractivity contribution in [2.24, 2.45) is 0 Å². The Morgan fingerprint density at radius 1 is 0.368 bits per heavy atom. The first-order valence-corrected chi connectivity index (χ1v) is 10.00. The molecule has 0 fully saturated rings. The SMILES string of the molecule is O=C(O)c1cc[c-]cc1.O=C(O)c1cc[c-]cc1.O=C(O)c1cc[c-]cc1.O=C(O)c1cc[c-]cc1.[Zn].[Zn]. The van der Waals surface area contributed by atoms with Crippen LogP contribution in [-0.4, -0.2) is 44.3 Å². The molecule has 0 aliphatic rings. The summed E-state index contributed by atoms with van der Waals surface area (Å²) in [4.78, 5) is 40.7. The van der Waals surface area contributed by atoms with Gasteiger partial charge in [-0.15, -0.1) is 0 Å². The van der Waals surface area contributed by atoms with Crippen molar-refractivity contribution >= 4 is 23.9 Å². The molecule has 0 saturated carbocycles. The van der Waals surface area contributed by atoms with E-state index in [1.54, 1.807) is 48.5 Å². The van der Waals surface area contributed by atoms with Gasteiger partial charge in [-0.25, -0.2) is 19.2 Å². The minimum Gasteiger partial charge on any atom is -0.479 e. The third-order valence-electron chi connectivity index (χ3n) is 3.86. The number of benzene rings is 4. The molecule has 0 aromatic heterocycles. The van der Waals surface area contributed by atoms with E-state index in [-0.39, 0.29) is 39.0 Å². The van der Waals surface area contributed by atoms with Crippen molar-refractivity contribution in [3.8, 4) is 0 Å². The number of aromatic carboxylic acids is 4. The summed E-state index contributed by atoms with van der Waals surface area (Å²) in [6, 6.07) is 35.5. The molecule has 4 rings (SSSR count). The second kappa shape index (κ2) is 21.1. The molecule has 4 N–H and O–H groups in total.